The largest absolute Gasteiger partial charge is 0.454 e. The highest BCUT2D eigenvalue weighted by Crippen LogP contribution is 2.30. The van der Waals surface area contributed by atoms with Gasteiger partial charge in [-0.05, 0) is 55.2 Å². The van der Waals surface area contributed by atoms with Gasteiger partial charge in [0.25, 0.3) is 0 Å². The van der Waals surface area contributed by atoms with Gasteiger partial charge >= 0.3 is 0 Å². The zero-order valence-corrected chi connectivity index (χ0v) is 12.6. The van der Waals surface area contributed by atoms with Crippen molar-refractivity contribution in [3.63, 3.8) is 0 Å². The van der Waals surface area contributed by atoms with Crippen LogP contribution in [0.15, 0.2) is 36.4 Å². The summed E-state index contributed by atoms with van der Waals surface area (Å²) in [5.74, 6) is 0.435. The van der Waals surface area contributed by atoms with Crippen molar-refractivity contribution in [2.24, 2.45) is 0 Å². The number of rotatable bonds is 5. The number of aryl methyl sites for hydroxylation is 1. The van der Waals surface area contributed by atoms with Crippen molar-refractivity contribution in [3.05, 3.63) is 58.4 Å². The summed E-state index contributed by atoms with van der Waals surface area (Å²) >= 11 is 5.94. The Labute approximate surface area is 128 Å². The lowest BCUT2D eigenvalue weighted by molar-refractivity contribution is 0.438. The van der Waals surface area contributed by atoms with Crippen molar-refractivity contribution < 1.29 is 9.13 Å². The van der Waals surface area contributed by atoms with Crippen LogP contribution in [-0.2, 0) is 6.54 Å². The fourth-order valence-electron chi connectivity index (χ4n) is 2.09. The smallest absolute Gasteiger partial charge is 0.166 e. The number of nitrogens with one attached hydrogen (secondary N) is 1. The molecule has 1 N–H and O–H groups in total. The average Bonchev–Trinajstić information content (AvgIpc) is 3.27. The summed E-state index contributed by atoms with van der Waals surface area (Å²) in [5.41, 5.74) is 1.84. The van der Waals surface area contributed by atoms with E-state index in [-0.39, 0.29) is 11.6 Å². The molecular weight excluding hydrogens is 289 g/mol. The molecule has 0 saturated heterocycles. The van der Waals surface area contributed by atoms with E-state index in [1.165, 1.54) is 18.9 Å². The van der Waals surface area contributed by atoms with Gasteiger partial charge in [-0.3, -0.25) is 0 Å². The lowest BCUT2D eigenvalue weighted by Gasteiger charge is -2.11. The number of halogens is 2. The van der Waals surface area contributed by atoms with Crippen LogP contribution in [0, 0.1) is 12.7 Å². The van der Waals surface area contributed by atoms with E-state index in [4.69, 9.17) is 16.3 Å². The van der Waals surface area contributed by atoms with E-state index in [0.717, 1.165) is 11.1 Å². The Bertz CT molecular complexity index is 655. The maximum absolute atomic E-state index is 14.1. The first-order chi connectivity index (χ1) is 10.1. The molecule has 2 aromatic rings. The van der Waals surface area contributed by atoms with E-state index in [9.17, 15) is 4.39 Å². The van der Waals surface area contributed by atoms with Gasteiger partial charge in [-0.1, -0.05) is 23.7 Å². The van der Waals surface area contributed by atoms with Crippen molar-refractivity contribution in [1.82, 2.24) is 5.32 Å². The number of hydrogen-bond donors (Lipinski definition) is 1. The van der Waals surface area contributed by atoms with E-state index in [1.54, 1.807) is 18.2 Å². The molecule has 0 unspecified atom stereocenters. The summed E-state index contributed by atoms with van der Waals surface area (Å²) in [6.07, 6.45) is 2.44. The summed E-state index contributed by atoms with van der Waals surface area (Å²) in [7, 11) is 0. The number of hydrogen-bond acceptors (Lipinski definition) is 2. The molecule has 1 fully saturated rings. The summed E-state index contributed by atoms with van der Waals surface area (Å²) in [5, 5.41) is 3.93. The second kappa shape index (κ2) is 6.04. The monoisotopic (exact) mass is 305 g/mol. The van der Waals surface area contributed by atoms with Crippen LogP contribution in [0.1, 0.15) is 24.0 Å². The number of benzene rings is 2. The lowest BCUT2D eigenvalue weighted by Crippen LogP contribution is -2.15. The minimum Gasteiger partial charge on any atom is -0.454 e. The van der Waals surface area contributed by atoms with Crippen LogP contribution in [0.5, 0.6) is 11.5 Å². The molecule has 0 aliphatic heterocycles. The van der Waals surface area contributed by atoms with Gasteiger partial charge in [0.15, 0.2) is 11.6 Å². The fraction of sp³-hybridized carbons (Fsp3) is 0.294. The zero-order chi connectivity index (χ0) is 14.8. The molecule has 0 atom stereocenters. The minimum absolute atomic E-state index is 0.218. The predicted molar refractivity (Wildman–Crippen MR) is 82.5 cm³/mol. The van der Waals surface area contributed by atoms with E-state index in [0.29, 0.717) is 23.4 Å². The van der Waals surface area contributed by atoms with Crippen molar-refractivity contribution in [2.75, 3.05) is 0 Å². The van der Waals surface area contributed by atoms with Gasteiger partial charge < -0.3 is 10.1 Å². The summed E-state index contributed by atoms with van der Waals surface area (Å²) in [6.45, 7) is 2.59. The van der Waals surface area contributed by atoms with Crippen LogP contribution < -0.4 is 10.1 Å². The molecule has 4 heteroatoms. The average molecular weight is 306 g/mol. The van der Waals surface area contributed by atoms with E-state index < -0.39 is 0 Å². The standard InChI is InChI=1S/C17H17ClFNO/c1-11-2-4-13(18)9-17(11)21-16-7-3-12(8-15(16)19)10-20-14-5-6-14/h2-4,7-9,14,20H,5-6,10H2,1H3. The fourth-order valence-corrected chi connectivity index (χ4v) is 2.25. The highest BCUT2D eigenvalue weighted by Gasteiger charge is 2.20. The lowest BCUT2D eigenvalue weighted by atomic mass is 10.2. The third kappa shape index (κ3) is 3.74. The molecule has 2 nitrogen and oxygen atoms in total. The molecule has 2 aromatic carbocycles. The highest BCUT2D eigenvalue weighted by molar-refractivity contribution is 6.30. The van der Waals surface area contributed by atoms with Gasteiger partial charge in [-0.2, -0.15) is 0 Å². The Balaban J connectivity index is 1.74. The normalized spacial score (nSPS) is 14.2. The van der Waals surface area contributed by atoms with E-state index in [1.807, 2.05) is 19.1 Å². The first-order valence-corrected chi connectivity index (χ1v) is 7.45. The number of ether oxygens (including phenoxy) is 1. The third-order valence-electron chi connectivity index (χ3n) is 3.54. The van der Waals surface area contributed by atoms with Crippen molar-refractivity contribution in [3.8, 4) is 11.5 Å². The van der Waals surface area contributed by atoms with Crippen molar-refractivity contribution in [2.45, 2.75) is 32.4 Å². The van der Waals surface area contributed by atoms with Crippen LogP contribution in [0.4, 0.5) is 4.39 Å². The molecule has 0 bridgehead atoms. The quantitative estimate of drug-likeness (QED) is 0.854. The summed E-state index contributed by atoms with van der Waals surface area (Å²) < 4.78 is 19.8. The minimum atomic E-state index is -0.357. The topological polar surface area (TPSA) is 21.3 Å². The maximum atomic E-state index is 14.1. The molecular formula is C17H17ClFNO. The van der Waals surface area contributed by atoms with Crippen LogP contribution in [0.2, 0.25) is 5.02 Å². The Morgan fingerprint density at radius 2 is 2.00 bits per heavy atom. The molecule has 0 aromatic heterocycles. The molecule has 0 spiro atoms. The molecule has 21 heavy (non-hydrogen) atoms. The third-order valence-corrected chi connectivity index (χ3v) is 3.77. The van der Waals surface area contributed by atoms with E-state index >= 15 is 0 Å². The van der Waals surface area contributed by atoms with Crippen molar-refractivity contribution >= 4 is 11.6 Å². The Kier molecular flexibility index (Phi) is 4.13. The molecule has 0 amide bonds. The molecule has 1 aliphatic carbocycles. The molecule has 1 saturated carbocycles. The first-order valence-electron chi connectivity index (χ1n) is 7.07. The Hall–Kier alpha value is -1.58. The SMILES string of the molecule is Cc1ccc(Cl)cc1Oc1ccc(CNC2CC2)cc1F. The molecule has 1 aliphatic rings. The van der Waals surface area contributed by atoms with Gasteiger partial charge in [0.2, 0.25) is 0 Å². The summed E-state index contributed by atoms with van der Waals surface area (Å²) in [6, 6.07) is 11.0. The summed E-state index contributed by atoms with van der Waals surface area (Å²) in [4.78, 5) is 0. The zero-order valence-electron chi connectivity index (χ0n) is 11.8. The molecule has 0 radical (unpaired) electrons. The highest BCUT2D eigenvalue weighted by atomic mass is 35.5. The van der Waals surface area contributed by atoms with Crippen LogP contribution in [0.3, 0.4) is 0 Å². The van der Waals surface area contributed by atoms with Crippen LogP contribution in [-0.4, -0.2) is 6.04 Å². The van der Waals surface area contributed by atoms with Crippen LogP contribution in [0.25, 0.3) is 0 Å². The van der Waals surface area contributed by atoms with Gasteiger partial charge in [0.05, 0.1) is 0 Å². The molecule has 0 heterocycles. The van der Waals surface area contributed by atoms with Crippen LogP contribution >= 0.6 is 11.6 Å². The van der Waals surface area contributed by atoms with Gasteiger partial charge in [-0.25, -0.2) is 4.39 Å². The molecule has 110 valence electrons. The second-order valence-corrected chi connectivity index (χ2v) is 5.87. The predicted octanol–water partition coefficient (Wildman–Crippen LogP) is 4.83. The van der Waals surface area contributed by atoms with Gasteiger partial charge in [0, 0.05) is 17.6 Å². The second-order valence-electron chi connectivity index (χ2n) is 5.43. The Morgan fingerprint density at radius 3 is 2.71 bits per heavy atom. The van der Waals surface area contributed by atoms with E-state index in [2.05, 4.69) is 5.32 Å². The van der Waals surface area contributed by atoms with Gasteiger partial charge in [0.1, 0.15) is 5.75 Å². The van der Waals surface area contributed by atoms with Crippen molar-refractivity contribution in [1.29, 1.82) is 0 Å². The molecule has 3 rings (SSSR count). The first kappa shape index (κ1) is 14.4. The van der Waals surface area contributed by atoms with Gasteiger partial charge in [-0.15, -0.1) is 0 Å². The maximum Gasteiger partial charge on any atom is 0.166 e. The Morgan fingerprint density at radius 1 is 1.19 bits per heavy atom.